The largest absolute Gasteiger partial charge is 0.465 e. The summed E-state index contributed by atoms with van der Waals surface area (Å²) in [5.74, 6) is -1.64. The van der Waals surface area contributed by atoms with E-state index in [0.29, 0.717) is 19.4 Å². The van der Waals surface area contributed by atoms with Crippen molar-refractivity contribution in [2.75, 3.05) is 19.7 Å². The monoisotopic (exact) mass is 363 g/mol. The second kappa shape index (κ2) is 10.2. The van der Waals surface area contributed by atoms with Gasteiger partial charge < -0.3 is 15.4 Å². The molecule has 9 nitrogen and oxygen atoms in total. The van der Waals surface area contributed by atoms with Gasteiger partial charge in [-0.15, -0.1) is 0 Å². The maximum atomic E-state index is 12.4. The van der Waals surface area contributed by atoms with Crippen LogP contribution in [0.1, 0.15) is 36.7 Å². The number of esters is 1. The molecule has 26 heavy (non-hydrogen) atoms. The van der Waals surface area contributed by atoms with Gasteiger partial charge in [-0.05, 0) is 32.8 Å². The van der Waals surface area contributed by atoms with E-state index in [0.717, 1.165) is 21.9 Å². The normalized spacial score (nSPS) is 10.2. The van der Waals surface area contributed by atoms with Crippen LogP contribution in [0.15, 0.2) is 0 Å². The molecule has 2 N–H and O–H groups in total. The van der Waals surface area contributed by atoms with Crippen LogP contribution < -0.4 is 5.73 Å². The van der Waals surface area contributed by atoms with Crippen LogP contribution in [0.4, 0.5) is 0 Å². The molecule has 0 aliphatic carbocycles. The number of carbonyl (C=O) groups is 3. The summed E-state index contributed by atoms with van der Waals surface area (Å²) in [7, 11) is 0. The number of carbonyl (C=O) groups excluding carboxylic acids is 3. The molecule has 0 aliphatic rings. The molecule has 142 valence electrons. The van der Waals surface area contributed by atoms with E-state index in [2.05, 4.69) is 11.2 Å². The number of nitrogens with zero attached hydrogens (tertiary/aromatic N) is 4. The van der Waals surface area contributed by atoms with Gasteiger partial charge in [-0.1, -0.05) is 0 Å². The Labute approximate surface area is 152 Å². The standard InChI is InChI=1S/C17H25N5O4/c1-4-26-17(25)11-21(10-15(19)23)16(24)7-6-14-12(2)20-22(13(14)3)9-5-8-18/h4-7,9-11H2,1-3H3,(H2,19,23). The molecule has 0 radical (unpaired) electrons. The van der Waals surface area contributed by atoms with Gasteiger partial charge >= 0.3 is 5.97 Å². The quantitative estimate of drug-likeness (QED) is 0.592. The summed E-state index contributed by atoms with van der Waals surface area (Å²) >= 11 is 0. The van der Waals surface area contributed by atoms with Crippen LogP contribution in [0.25, 0.3) is 0 Å². The van der Waals surface area contributed by atoms with Gasteiger partial charge in [0.25, 0.3) is 0 Å². The molecular weight excluding hydrogens is 338 g/mol. The zero-order chi connectivity index (χ0) is 19.7. The molecule has 1 aromatic heterocycles. The fourth-order valence-corrected chi connectivity index (χ4v) is 2.64. The molecule has 2 amide bonds. The van der Waals surface area contributed by atoms with Gasteiger partial charge in [-0.3, -0.25) is 19.1 Å². The van der Waals surface area contributed by atoms with E-state index in [1.807, 2.05) is 13.8 Å². The summed E-state index contributed by atoms with van der Waals surface area (Å²) in [5.41, 5.74) is 7.78. The Morgan fingerprint density at radius 3 is 2.58 bits per heavy atom. The Kier molecular flexibility index (Phi) is 8.28. The lowest BCUT2D eigenvalue weighted by molar-refractivity contribution is -0.149. The minimum absolute atomic E-state index is 0.109. The first-order valence-electron chi connectivity index (χ1n) is 8.41. The van der Waals surface area contributed by atoms with E-state index in [4.69, 9.17) is 15.7 Å². The maximum absolute atomic E-state index is 12.4. The average molecular weight is 363 g/mol. The molecule has 9 heteroatoms. The SMILES string of the molecule is CCOC(=O)CN(CC(N)=O)C(=O)CCc1c(C)nn(CCC#N)c1C. The first-order chi connectivity index (χ1) is 12.3. The third-order valence-corrected chi connectivity index (χ3v) is 3.88. The van der Waals surface area contributed by atoms with Crippen LogP contribution in [0.2, 0.25) is 0 Å². The lowest BCUT2D eigenvalue weighted by atomic mass is 10.1. The molecule has 0 saturated heterocycles. The zero-order valence-electron chi connectivity index (χ0n) is 15.4. The Morgan fingerprint density at radius 1 is 1.31 bits per heavy atom. The summed E-state index contributed by atoms with van der Waals surface area (Å²) in [4.78, 5) is 36.3. The predicted octanol–water partition coefficient (Wildman–Crippen LogP) is 0.223. The Morgan fingerprint density at radius 2 is 2.00 bits per heavy atom. The minimum atomic E-state index is -0.695. The highest BCUT2D eigenvalue weighted by Crippen LogP contribution is 2.16. The molecular formula is C17H25N5O4. The molecule has 0 aliphatic heterocycles. The van der Waals surface area contributed by atoms with Crippen molar-refractivity contribution in [2.45, 2.75) is 46.6 Å². The highest BCUT2D eigenvalue weighted by molar-refractivity contribution is 5.87. The van der Waals surface area contributed by atoms with Gasteiger partial charge in [0.15, 0.2) is 0 Å². The Hall–Kier alpha value is -2.89. The van der Waals surface area contributed by atoms with Crippen molar-refractivity contribution in [1.82, 2.24) is 14.7 Å². The number of hydrogen-bond acceptors (Lipinski definition) is 6. The minimum Gasteiger partial charge on any atom is -0.465 e. The third kappa shape index (κ3) is 6.20. The first-order valence-corrected chi connectivity index (χ1v) is 8.41. The topological polar surface area (TPSA) is 131 Å². The Bertz CT molecular complexity index is 705. The highest BCUT2D eigenvalue weighted by atomic mass is 16.5. The number of aromatic nitrogens is 2. The summed E-state index contributed by atoms with van der Waals surface area (Å²) in [6.07, 6.45) is 0.881. The summed E-state index contributed by atoms with van der Waals surface area (Å²) in [6.45, 7) is 5.43. The van der Waals surface area contributed by atoms with Crippen LogP contribution in [-0.4, -0.2) is 52.2 Å². The van der Waals surface area contributed by atoms with Crippen LogP contribution in [-0.2, 0) is 32.1 Å². The average Bonchev–Trinajstić information content (AvgIpc) is 2.83. The first kappa shape index (κ1) is 21.2. The van der Waals surface area contributed by atoms with E-state index in [9.17, 15) is 14.4 Å². The Balaban J connectivity index is 2.78. The molecule has 1 rings (SSSR count). The van der Waals surface area contributed by atoms with Crippen LogP contribution in [0, 0.1) is 25.2 Å². The zero-order valence-corrected chi connectivity index (χ0v) is 15.4. The number of primary amides is 1. The van der Waals surface area contributed by atoms with Crippen molar-refractivity contribution in [3.8, 4) is 6.07 Å². The van der Waals surface area contributed by atoms with Gasteiger partial charge in [0.05, 0.1) is 37.9 Å². The summed E-state index contributed by atoms with van der Waals surface area (Å²) < 4.78 is 6.57. The molecule has 0 atom stereocenters. The van der Waals surface area contributed by atoms with E-state index < -0.39 is 11.9 Å². The number of rotatable bonds is 10. The van der Waals surface area contributed by atoms with E-state index in [1.54, 1.807) is 11.6 Å². The van der Waals surface area contributed by atoms with Gasteiger partial charge in [0, 0.05) is 12.1 Å². The molecule has 0 spiro atoms. The number of nitriles is 1. The van der Waals surface area contributed by atoms with Crippen molar-refractivity contribution < 1.29 is 19.1 Å². The molecule has 1 aromatic rings. The fraction of sp³-hybridized carbons (Fsp3) is 0.588. The predicted molar refractivity (Wildman–Crippen MR) is 92.7 cm³/mol. The fourth-order valence-electron chi connectivity index (χ4n) is 2.64. The van der Waals surface area contributed by atoms with Crippen molar-refractivity contribution >= 4 is 17.8 Å². The summed E-state index contributed by atoms with van der Waals surface area (Å²) in [5, 5.41) is 13.1. The molecule has 1 heterocycles. The van der Waals surface area contributed by atoms with Gasteiger partial charge in [0.1, 0.15) is 6.54 Å². The van der Waals surface area contributed by atoms with Crippen molar-refractivity contribution in [1.29, 1.82) is 5.26 Å². The second-order valence-electron chi connectivity index (χ2n) is 5.80. The molecule has 0 unspecified atom stereocenters. The molecule has 0 saturated carbocycles. The van der Waals surface area contributed by atoms with Crippen LogP contribution in [0.3, 0.4) is 0 Å². The number of aryl methyl sites for hydroxylation is 2. The molecule has 0 bridgehead atoms. The third-order valence-electron chi connectivity index (χ3n) is 3.88. The van der Waals surface area contributed by atoms with E-state index in [-0.39, 0.29) is 32.0 Å². The maximum Gasteiger partial charge on any atom is 0.325 e. The van der Waals surface area contributed by atoms with Crippen LogP contribution >= 0.6 is 0 Å². The smallest absolute Gasteiger partial charge is 0.325 e. The van der Waals surface area contributed by atoms with Crippen LogP contribution in [0.5, 0.6) is 0 Å². The lowest BCUT2D eigenvalue weighted by Gasteiger charge is -2.20. The van der Waals surface area contributed by atoms with Crippen molar-refractivity contribution in [3.05, 3.63) is 17.0 Å². The summed E-state index contributed by atoms with van der Waals surface area (Å²) in [6, 6.07) is 2.07. The van der Waals surface area contributed by atoms with Crippen molar-refractivity contribution in [2.24, 2.45) is 5.73 Å². The molecule has 0 aromatic carbocycles. The number of ether oxygens (including phenoxy) is 1. The second-order valence-corrected chi connectivity index (χ2v) is 5.80. The van der Waals surface area contributed by atoms with E-state index >= 15 is 0 Å². The van der Waals surface area contributed by atoms with Gasteiger partial charge in [0.2, 0.25) is 11.8 Å². The lowest BCUT2D eigenvalue weighted by Crippen LogP contribution is -2.42. The number of nitrogens with two attached hydrogens (primary N) is 1. The van der Waals surface area contributed by atoms with Gasteiger partial charge in [-0.25, -0.2) is 0 Å². The van der Waals surface area contributed by atoms with Crippen molar-refractivity contribution in [3.63, 3.8) is 0 Å². The number of amides is 2. The van der Waals surface area contributed by atoms with E-state index in [1.165, 1.54) is 0 Å². The van der Waals surface area contributed by atoms with Gasteiger partial charge in [-0.2, -0.15) is 10.4 Å². The molecule has 0 fully saturated rings. The number of hydrogen-bond donors (Lipinski definition) is 1. The highest BCUT2D eigenvalue weighted by Gasteiger charge is 2.21.